The van der Waals surface area contributed by atoms with Crippen molar-refractivity contribution in [2.75, 3.05) is 5.32 Å². The highest BCUT2D eigenvalue weighted by Gasteiger charge is 2.25. The number of benzene rings is 2. The summed E-state index contributed by atoms with van der Waals surface area (Å²) in [5.74, 6) is -0.268. The zero-order valence-corrected chi connectivity index (χ0v) is 12.2. The minimum Gasteiger partial charge on any atom is -0.320 e. The second kappa shape index (κ2) is 5.68. The van der Waals surface area contributed by atoms with Gasteiger partial charge < -0.3 is 5.32 Å². The average molecular weight is 318 g/mol. The number of para-hydroxylation sites is 1. The third-order valence-electron chi connectivity index (χ3n) is 2.96. The predicted molar refractivity (Wildman–Crippen MR) is 85.7 cm³/mol. The lowest BCUT2D eigenvalue weighted by molar-refractivity contribution is -0.110. The first-order chi connectivity index (χ1) is 10.1. The largest absolute Gasteiger partial charge is 0.320 e. The summed E-state index contributed by atoms with van der Waals surface area (Å²) in [6, 6.07) is 12.4. The summed E-state index contributed by atoms with van der Waals surface area (Å²) in [4.78, 5) is 11.8. The van der Waals surface area contributed by atoms with Crippen LogP contribution in [0.2, 0.25) is 10.0 Å². The smallest absolute Gasteiger partial charge is 0.276 e. The van der Waals surface area contributed by atoms with E-state index in [1.807, 2.05) is 24.3 Å². The second-order valence-corrected chi connectivity index (χ2v) is 5.20. The van der Waals surface area contributed by atoms with Crippen LogP contribution in [0.15, 0.2) is 52.7 Å². The van der Waals surface area contributed by atoms with E-state index >= 15 is 0 Å². The van der Waals surface area contributed by atoms with Crippen LogP contribution in [0.5, 0.6) is 0 Å². The van der Waals surface area contributed by atoms with Crippen molar-refractivity contribution in [3.63, 3.8) is 0 Å². The number of amides is 1. The summed E-state index contributed by atoms with van der Waals surface area (Å²) in [5.41, 5.74) is 2.44. The molecule has 1 heterocycles. The molecule has 0 atom stereocenters. The molecular formula is C15H9Cl2N3O. The van der Waals surface area contributed by atoms with Crippen molar-refractivity contribution in [2.24, 2.45) is 10.2 Å². The van der Waals surface area contributed by atoms with E-state index < -0.39 is 0 Å². The summed E-state index contributed by atoms with van der Waals surface area (Å²) in [7, 11) is 0. The molecule has 0 spiro atoms. The third-order valence-corrected chi connectivity index (χ3v) is 3.52. The maximum Gasteiger partial charge on any atom is 0.276 e. The molecule has 0 saturated heterocycles. The van der Waals surface area contributed by atoms with Crippen LogP contribution in [0.25, 0.3) is 0 Å². The van der Waals surface area contributed by atoms with Gasteiger partial charge in [0.2, 0.25) is 0 Å². The Kier molecular flexibility index (Phi) is 3.73. The summed E-state index contributed by atoms with van der Waals surface area (Å²) in [5, 5.41) is 11.7. The number of hydrogen-bond acceptors (Lipinski definition) is 3. The Morgan fingerprint density at radius 1 is 1.10 bits per heavy atom. The number of rotatable bonds is 2. The zero-order valence-electron chi connectivity index (χ0n) is 10.7. The van der Waals surface area contributed by atoms with Gasteiger partial charge in [0.25, 0.3) is 5.91 Å². The molecule has 2 aromatic carbocycles. The first-order valence-corrected chi connectivity index (χ1v) is 6.87. The molecule has 104 valence electrons. The molecule has 3 rings (SSSR count). The minimum atomic E-state index is -0.268. The highest BCUT2D eigenvalue weighted by molar-refractivity contribution is 6.53. The van der Waals surface area contributed by atoms with Crippen molar-refractivity contribution >= 4 is 46.7 Å². The third kappa shape index (κ3) is 2.82. The fraction of sp³-hybridized carbons (Fsp3) is 0. The van der Waals surface area contributed by atoms with Crippen LogP contribution >= 0.6 is 23.2 Å². The molecule has 0 radical (unpaired) electrons. The van der Waals surface area contributed by atoms with Crippen molar-refractivity contribution in [2.45, 2.75) is 0 Å². The molecule has 21 heavy (non-hydrogen) atoms. The van der Waals surface area contributed by atoms with Gasteiger partial charge in [-0.3, -0.25) is 4.79 Å². The molecule has 1 aliphatic rings. The molecular weight excluding hydrogens is 309 g/mol. The SMILES string of the molecule is O=C1Nc2ccccc2/C1=N/N=Cc1ccc(Cl)cc1Cl. The highest BCUT2D eigenvalue weighted by Crippen LogP contribution is 2.23. The van der Waals surface area contributed by atoms with Crippen LogP contribution in [-0.2, 0) is 4.79 Å². The molecule has 0 unspecified atom stereocenters. The van der Waals surface area contributed by atoms with Crippen LogP contribution < -0.4 is 5.32 Å². The molecule has 0 aromatic heterocycles. The van der Waals surface area contributed by atoms with Crippen LogP contribution in [0, 0.1) is 0 Å². The lowest BCUT2D eigenvalue weighted by atomic mass is 10.1. The van der Waals surface area contributed by atoms with Gasteiger partial charge >= 0.3 is 0 Å². The number of carbonyl (C=O) groups is 1. The summed E-state index contributed by atoms with van der Waals surface area (Å²) >= 11 is 11.9. The van der Waals surface area contributed by atoms with Gasteiger partial charge in [-0.2, -0.15) is 5.10 Å². The van der Waals surface area contributed by atoms with E-state index in [9.17, 15) is 4.79 Å². The molecule has 1 amide bonds. The Bertz CT molecular complexity index is 784. The van der Waals surface area contributed by atoms with Crippen molar-refractivity contribution < 1.29 is 4.79 Å². The van der Waals surface area contributed by atoms with Crippen molar-refractivity contribution in [1.29, 1.82) is 0 Å². The van der Waals surface area contributed by atoms with Gasteiger partial charge in [-0.1, -0.05) is 47.5 Å². The molecule has 0 bridgehead atoms. The number of nitrogens with zero attached hydrogens (tertiary/aromatic N) is 2. The Hall–Kier alpha value is -2.17. The van der Waals surface area contributed by atoms with E-state index in [0.717, 1.165) is 11.3 Å². The fourth-order valence-electron chi connectivity index (χ4n) is 1.96. The highest BCUT2D eigenvalue weighted by atomic mass is 35.5. The van der Waals surface area contributed by atoms with Gasteiger partial charge in [-0.05, 0) is 18.2 Å². The van der Waals surface area contributed by atoms with Gasteiger partial charge in [0.1, 0.15) is 0 Å². The number of fused-ring (bicyclic) bond motifs is 1. The average Bonchev–Trinajstić information content (AvgIpc) is 2.77. The van der Waals surface area contributed by atoms with Crippen LogP contribution in [-0.4, -0.2) is 17.8 Å². The maximum atomic E-state index is 11.8. The Balaban J connectivity index is 1.89. The minimum absolute atomic E-state index is 0.268. The number of hydrogen-bond donors (Lipinski definition) is 1. The van der Waals surface area contributed by atoms with Crippen molar-refractivity contribution in [1.82, 2.24) is 0 Å². The summed E-state index contributed by atoms with van der Waals surface area (Å²) < 4.78 is 0. The topological polar surface area (TPSA) is 53.8 Å². The molecule has 2 aromatic rings. The van der Waals surface area contributed by atoms with Gasteiger partial charge in [0.05, 0.1) is 16.9 Å². The van der Waals surface area contributed by atoms with Gasteiger partial charge in [0, 0.05) is 16.1 Å². The fourth-order valence-corrected chi connectivity index (χ4v) is 2.41. The number of nitrogens with one attached hydrogen (secondary N) is 1. The Labute approximate surface area is 131 Å². The van der Waals surface area contributed by atoms with E-state index in [1.165, 1.54) is 6.21 Å². The van der Waals surface area contributed by atoms with Crippen LogP contribution in [0.1, 0.15) is 11.1 Å². The molecule has 1 aliphatic heterocycles. The molecule has 1 N–H and O–H groups in total. The monoisotopic (exact) mass is 317 g/mol. The summed E-state index contributed by atoms with van der Waals surface area (Å²) in [6.45, 7) is 0. The van der Waals surface area contributed by atoms with Crippen LogP contribution in [0.3, 0.4) is 0 Å². The quantitative estimate of drug-likeness (QED) is 0.665. The standard InChI is InChI=1S/C15H9Cl2N3O/c16-10-6-5-9(12(17)7-10)8-18-20-14-11-3-1-2-4-13(11)19-15(14)21/h1-8H,(H,19,20,21). The first-order valence-electron chi connectivity index (χ1n) is 6.12. The molecule has 4 nitrogen and oxygen atoms in total. The van der Waals surface area contributed by atoms with E-state index in [2.05, 4.69) is 15.5 Å². The molecule has 0 aliphatic carbocycles. The Morgan fingerprint density at radius 2 is 1.90 bits per heavy atom. The van der Waals surface area contributed by atoms with E-state index in [4.69, 9.17) is 23.2 Å². The van der Waals surface area contributed by atoms with Crippen molar-refractivity contribution in [3.05, 3.63) is 63.6 Å². The van der Waals surface area contributed by atoms with E-state index in [1.54, 1.807) is 18.2 Å². The molecule has 0 fully saturated rings. The summed E-state index contributed by atoms with van der Waals surface area (Å²) in [6.07, 6.45) is 1.49. The lowest BCUT2D eigenvalue weighted by Gasteiger charge is -1.97. The lowest BCUT2D eigenvalue weighted by Crippen LogP contribution is -2.13. The van der Waals surface area contributed by atoms with E-state index in [0.29, 0.717) is 15.6 Å². The van der Waals surface area contributed by atoms with Crippen LogP contribution in [0.4, 0.5) is 5.69 Å². The molecule has 6 heteroatoms. The number of carbonyl (C=O) groups excluding carboxylic acids is 1. The molecule has 0 saturated carbocycles. The second-order valence-electron chi connectivity index (χ2n) is 4.36. The zero-order chi connectivity index (χ0) is 14.8. The van der Waals surface area contributed by atoms with Gasteiger partial charge in [-0.25, -0.2) is 0 Å². The first kappa shape index (κ1) is 13.8. The normalized spacial score (nSPS) is 15.5. The number of halogens is 2. The van der Waals surface area contributed by atoms with E-state index in [-0.39, 0.29) is 11.6 Å². The maximum absolute atomic E-state index is 11.8. The van der Waals surface area contributed by atoms with Gasteiger partial charge in [0.15, 0.2) is 5.71 Å². The van der Waals surface area contributed by atoms with Crippen molar-refractivity contribution in [3.8, 4) is 0 Å². The van der Waals surface area contributed by atoms with Gasteiger partial charge in [-0.15, -0.1) is 5.10 Å². The number of anilines is 1. The predicted octanol–water partition coefficient (Wildman–Crippen LogP) is 3.77. The Morgan fingerprint density at radius 3 is 2.71 bits per heavy atom.